The van der Waals surface area contributed by atoms with Crippen LogP contribution in [-0.4, -0.2) is 13.0 Å². The number of methoxy groups -OCH3 is 1. The van der Waals surface area contributed by atoms with Gasteiger partial charge in [0.25, 0.3) is 0 Å². The fourth-order valence-electron chi connectivity index (χ4n) is 2.06. The van der Waals surface area contributed by atoms with Crippen molar-refractivity contribution in [1.82, 2.24) is 5.32 Å². The minimum Gasteiger partial charge on any atom is -0.497 e. The molecule has 0 fully saturated rings. The van der Waals surface area contributed by atoms with Crippen molar-refractivity contribution < 1.29 is 9.53 Å². The molecule has 2 aromatic carbocycles. The molecule has 0 saturated carbocycles. The SMILES string of the molecule is COc1ccc(CC(=O)N[C@@H](C)c2ccc(Br)cc2)cc1. The van der Waals surface area contributed by atoms with Crippen LogP contribution in [0.2, 0.25) is 0 Å². The monoisotopic (exact) mass is 347 g/mol. The van der Waals surface area contributed by atoms with Crippen LogP contribution in [0.3, 0.4) is 0 Å². The highest BCUT2D eigenvalue weighted by atomic mass is 79.9. The van der Waals surface area contributed by atoms with Gasteiger partial charge in [-0.3, -0.25) is 4.79 Å². The summed E-state index contributed by atoms with van der Waals surface area (Å²) >= 11 is 3.40. The van der Waals surface area contributed by atoms with Crippen molar-refractivity contribution >= 4 is 21.8 Å². The highest BCUT2D eigenvalue weighted by Gasteiger charge is 2.10. The van der Waals surface area contributed by atoms with E-state index in [-0.39, 0.29) is 11.9 Å². The molecule has 1 N–H and O–H groups in total. The van der Waals surface area contributed by atoms with E-state index in [1.807, 2.05) is 55.5 Å². The van der Waals surface area contributed by atoms with Crippen LogP contribution in [0, 0.1) is 0 Å². The first-order valence-corrected chi connectivity index (χ1v) is 7.55. The summed E-state index contributed by atoms with van der Waals surface area (Å²) in [5.41, 5.74) is 2.05. The summed E-state index contributed by atoms with van der Waals surface area (Å²) in [5.74, 6) is 0.804. The summed E-state index contributed by atoms with van der Waals surface area (Å²) in [4.78, 5) is 12.1. The minimum atomic E-state index is -0.0103. The minimum absolute atomic E-state index is 0.00980. The van der Waals surface area contributed by atoms with Gasteiger partial charge in [0.2, 0.25) is 5.91 Å². The number of ether oxygens (including phenoxy) is 1. The summed E-state index contributed by atoms with van der Waals surface area (Å²) < 4.78 is 6.13. The number of benzene rings is 2. The first-order valence-electron chi connectivity index (χ1n) is 6.76. The van der Waals surface area contributed by atoms with E-state index in [4.69, 9.17) is 4.74 Å². The maximum atomic E-state index is 12.1. The zero-order valence-electron chi connectivity index (χ0n) is 12.1. The largest absolute Gasteiger partial charge is 0.497 e. The van der Waals surface area contributed by atoms with Crippen LogP contribution in [0.5, 0.6) is 5.75 Å². The Morgan fingerprint density at radius 1 is 1.14 bits per heavy atom. The van der Waals surface area contributed by atoms with Gasteiger partial charge in [-0.1, -0.05) is 40.2 Å². The first-order chi connectivity index (χ1) is 10.1. The summed E-state index contributed by atoms with van der Waals surface area (Å²) in [6.45, 7) is 1.98. The third-order valence-corrected chi connectivity index (χ3v) is 3.80. The van der Waals surface area contributed by atoms with Gasteiger partial charge in [0.15, 0.2) is 0 Å². The van der Waals surface area contributed by atoms with E-state index in [1.54, 1.807) is 7.11 Å². The van der Waals surface area contributed by atoms with Crippen LogP contribution in [0.25, 0.3) is 0 Å². The Kier molecular flexibility index (Phi) is 5.39. The number of rotatable bonds is 5. The topological polar surface area (TPSA) is 38.3 Å². The molecular formula is C17H18BrNO2. The second-order valence-corrected chi connectivity index (χ2v) is 5.78. The average molecular weight is 348 g/mol. The molecule has 0 saturated heterocycles. The van der Waals surface area contributed by atoms with Gasteiger partial charge in [-0.05, 0) is 42.3 Å². The molecule has 0 heterocycles. The van der Waals surface area contributed by atoms with Crippen LogP contribution in [0.15, 0.2) is 53.0 Å². The Bertz CT molecular complexity index is 593. The smallest absolute Gasteiger partial charge is 0.224 e. The average Bonchev–Trinajstić information content (AvgIpc) is 2.48. The van der Waals surface area contributed by atoms with Crippen LogP contribution in [-0.2, 0) is 11.2 Å². The number of carbonyl (C=O) groups is 1. The van der Waals surface area contributed by atoms with Gasteiger partial charge in [-0.25, -0.2) is 0 Å². The number of halogens is 1. The molecule has 0 spiro atoms. The van der Waals surface area contributed by atoms with E-state index in [0.717, 1.165) is 21.3 Å². The number of nitrogens with one attached hydrogen (secondary N) is 1. The van der Waals surface area contributed by atoms with E-state index >= 15 is 0 Å². The predicted octanol–water partition coefficient (Wildman–Crippen LogP) is 3.88. The second-order valence-electron chi connectivity index (χ2n) is 4.87. The Labute approximate surface area is 133 Å². The third-order valence-electron chi connectivity index (χ3n) is 3.27. The Morgan fingerprint density at radius 3 is 2.33 bits per heavy atom. The first kappa shape index (κ1) is 15.6. The number of carbonyl (C=O) groups excluding carboxylic acids is 1. The lowest BCUT2D eigenvalue weighted by Crippen LogP contribution is -2.28. The van der Waals surface area contributed by atoms with Gasteiger partial charge >= 0.3 is 0 Å². The molecule has 2 aromatic rings. The number of hydrogen-bond donors (Lipinski definition) is 1. The van der Waals surface area contributed by atoms with Crippen molar-refractivity contribution in [3.8, 4) is 5.75 Å². The zero-order chi connectivity index (χ0) is 15.2. The van der Waals surface area contributed by atoms with E-state index < -0.39 is 0 Å². The van der Waals surface area contributed by atoms with Crippen molar-refractivity contribution in [2.75, 3.05) is 7.11 Å². The van der Waals surface area contributed by atoms with Crippen molar-refractivity contribution in [2.45, 2.75) is 19.4 Å². The quantitative estimate of drug-likeness (QED) is 0.891. The molecule has 0 radical (unpaired) electrons. The van der Waals surface area contributed by atoms with E-state index in [9.17, 15) is 4.79 Å². The highest BCUT2D eigenvalue weighted by Crippen LogP contribution is 2.17. The lowest BCUT2D eigenvalue weighted by molar-refractivity contribution is -0.121. The van der Waals surface area contributed by atoms with Crippen molar-refractivity contribution in [2.24, 2.45) is 0 Å². The van der Waals surface area contributed by atoms with Gasteiger partial charge < -0.3 is 10.1 Å². The molecule has 3 nitrogen and oxygen atoms in total. The molecule has 0 aliphatic carbocycles. The lowest BCUT2D eigenvalue weighted by atomic mass is 10.1. The third kappa shape index (κ3) is 4.60. The van der Waals surface area contributed by atoms with Gasteiger partial charge in [-0.15, -0.1) is 0 Å². The molecule has 1 amide bonds. The molecule has 110 valence electrons. The van der Waals surface area contributed by atoms with Crippen molar-refractivity contribution in [1.29, 1.82) is 0 Å². The van der Waals surface area contributed by atoms with Gasteiger partial charge in [0.05, 0.1) is 19.6 Å². The summed E-state index contributed by atoms with van der Waals surface area (Å²) in [7, 11) is 1.63. The van der Waals surface area contributed by atoms with Crippen molar-refractivity contribution in [3.63, 3.8) is 0 Å². The zero-order valence-corrected chi connectivity index (χ0v) is 13.7. The van der Waals surface area contributed by atoms with E-state index in [0.29, 0.717) is 6.42 Å². The normalized spacial score (nSPS) is 11.8. The maximum absolute atomic E-state index is 12.1. The molecule has 0 aromatic heterocycles. The van der Waals surface area contributed by atoms with Gasteiger partial charge in [0, 0.05) is 4.47 Å². The van der Waals surface area contributed by atoms with E-state index in [1.165, 1.54) is 0 Å². The fourth-order valence-corrected chi connectivity index (χ4v) is 2.32. The molecule has 4 heteroatoms. The van der Waals surface area contributed by atoms with Gasteiger partial charge in [-0.2, -0.15) is 0 Å². The summed E-state index contributed by atoms with van der Waals surface area (Å²) in [6.07, 6.45) is 0.366. The Balaban J connectivity index is 1.92. The second kappa shape index (κ2) is 7.27. The van der Waals surface area contributed by atoms with Gasteiger partial charge in [0.1, 0.15) is 5.75 Å². The Morgan fingerprint density at radius 2 is 1.76 bits per heavy atom. The van der Waals surface area contributed by atoms with Crippen molar-refractivity contribution in [3.05, 3.63) is 64.1 Å². The Hall–Kier alpha value is -1.81. The summed E-state index contributed by atoms with van der Waals surface area (Å²) in [6, 6.07) is 15.5. The van der Waals surface area contributed by atoms with E-state index in [2.05, 4.69) is 21.2 Å². The molecule has 21 heavy (non-hydrogen) atoms. The highest BCUT2D eigenvalue weighted by molar-refractivity contribution is 9.10. The number of hydrogen-bond acceptors (Lipinski definition) is 2. The molecule has 0 aliphatic rings. The standard InChI is InChI=1S/C17H18BrNO2/c1-12(14-5-7-15(18)8-6-14)19-17(20)11-13-3-9-16(21-2)10-4-13/h3-10,12H,11H2,1-2H3,(H,19,20)/t12-/m0/s1. The van der Waals surface area contributed by atoms with Crippen LogP contribution >= 0.6 is 15.9 Å². The molecule has 0 bridgehead atoms. The predicted molar refractivity (Wildman–Crippen MR) is 87.4 cm³/mol. The summed E-state index contributed by atoms with van der Waals surface area (Å²) in [5, 5.41) is 3.01. The number of amides is 1. The molecule has 0 unspecified atom stereocenters. The van der Waals surface area contributed by atoms with Crippen LogP contribution in [0.4, 0.5) is 0 Å². The molecular weight excluding hydrogens is 330 g/mol. The molecule has 0 aliphatic heterocycles. The van der Waals surface area contributed by atoms with Crippen LogP contribution in [0.1, 0.15) is 24.1 Å². The maximum Gasteiger partial charge on any atom is 0.224 e. The molecule has 1 atom stereocenters. The lowest BCUT2D eigenvalue weighted by Gasteiger charge is -2.14. The molecule has 2 rings (SSSR count). The van der Waals surface area contributed by atoms with Crippen LogP contribution < -0.4 is 10.1 Å². The fraction of sp³-hybridized carbons (Fsp3) is 0.235.